The fourth-order valence-electron chi connectivity index (χ4n) is 6.51. The van der Waals surface area contributed by atoms with Crippen molar-refractivity contribution in [1.82, 2.24) is 0 Å². The number of hydrogen-bond donors (Lipinski definition) is 0. The monoisotopic (exact) mass is 899 g/mol. The molecule has 0 aliphatic carbocycles. The molecule has 65 heavy (non-hydrogen) atoms. The SMILES string of the molecule is CC/C=C\C/C=C\C/C=C\C/C=C\CCCCCCC(=O)OC[C@H](COC(=O)CCCCCCC/C=C\CCCC)OC(=O)CC/C=C\C/C=C\C/C=C\C/C=C\C/C=C\CCCCC. The van der Waals surface area contributed by atoms with E-state index in [9.17, 15) is 14.4 Å². The van der Waals surface area contributed by atoms with Crippen molar-refractivity contribution in [3.8, 4) is 0 Å². The minimum Gasteiger partial charge on any atom is -0.462 e. The topological polar surface area (TPSA) is 78.9 Å². The van der Waals surface area contributed by atoms with E-state index in [-0.39, 0.29) is 31.6 Å². The van der Waals surface area contributed by atoms with Crippen molar-refractivity contribution in [1.29, 1.82) is 0 Å². The molecular weight excluding hydrogens is 805 g/mol. The molecule has 0 saturated heterocycles. The Balaban J connectivity index is 4.56. The Hall–Kier alpha value is -4.19. The van der Waals surface area contributed by atoms with Crippen LogP contribution in [0.4, 0.5) is 0 Å². The van der Waals surface area contributed by atoms with Gasteiger partial charge in [0.1, 0.15) is 13.2 Å². The smallest absolute Gasteiger partial charge is 0.306 e. The number of carbonyl (C=O) groups excluding carboxylic acids is 3. The average Bonchev–Trinajstić information content (AvgIpc) is 3.30. The zero-order valence-corrected chi connectivity index (χ0v) is 41.7. The van der Waals surface area contributed by atoms with Gasteiger partial charge in [-0.05, 0) is 116 Å². The van der Waals surface area contributed by atoms with Gasteiger partial charge in [-0.3, -0.25) is 14.4 Å². The summed E-state index contributed by atoms with van der Waals surface area (Å²) in [5, 5.41) is 0. The highest BCUT2D eigenvalue weighted by Crippen LogP contribution is 2.12. The van der Waals surface area contributed by atoms with E-state index < -0.39 is 12.1 Å². The summed E-state index contributed by atoms with van der Waals surface area (Å²) in [6.07, 6.45) is 71.9. The van der Waals surface area contributed by atoms with E-state index in [1.54, 1.807) is 0 Å². The lowest BCUT2D eigenvalue weighted by Crippen LogP contribution is -2.30. The van der Waals surface area contributed by atoms with Gasteiger partial charge in [-0.15, -0.1) is 0 Å². The lowest BCUT2D eigenvalue weighted by molar-refractivity contribution is -0.166. The molecule has 0 rings (SSSR count). The summed E-state index contributed by atoms with van der Waals surface area (Å²) in [6, 6.07) is 0. The summed E-state index contributed by atoms with van der Waals surface area (Å²) in [4.78, 5) is 37.9. The molecule has 0 radical (unpaired) electrons. The maximum absolute atomic E-state index is 12.8. The maximum atomic E-state index is 12.8. The largest absolute Gasteiger partial charge is 0.462 e. The Kier molecular flexibility index (Phi) is 49.1. The molecule has 0 aromatic heterocycles. The second-order valence-electron chi connectivity index (χ2n) is 16.7. The summed E-state index contributed by atoms with van der Waals surface area (Å²) in [6.45, 7) is 6.35. The van der Waals surface area contributed by atoms with Gasteiger partial charge in [0.2, 0.25) is 0 Å². The molecule has 366 valence electrons. The Morgan fingerprint density at radius 3 is 1.06 bits per heavy atom. The first-order valence-corrected chi connectivity index (χ1v) is 26.0. The van der Waals surface area contributed by atoms with Gasteiger partial charge in [-0.2, -0.15) is 0 Å². The predicted octanol–water partition coefficient (Wildman–Crippen LogP) is 17.3. The van der Waals surface area contributed by atoms with Gasteiger partial charge in [0.05, 0.1) is 0 Å². The average molecular weight is 899 g/mol. The molecule has 0 saturated carbocycles. The molecule has 0 fully saturated rings. The maximum Gasteiger partial charge on any atom is 0.306 e. The summed E-state index contributed by atoms with van der Waals surface area (Å²) < 4.78 is 16.7. The molecule has 0 aromatic carbocycles. The second kappa shape index (κ2) is 52.4. The van der Waals surface area contributed by atoms with Crippen LogP contribution in [0.15, 0.2) is 122 Å². The zero-order chi connectivity index (χ0) is 47.2. The van der Waals surface area contributed by atoms with Gasteiger partial charge in [0.25, 0.3) is 0 Å². The van der Waals surface area contributed by atoms with Crippen LogP contribution in [0.2, 0.25) is 0 Å². The van der Waals surface area contributed by atoms with Gasteiger partial charge in [0.15, 0.2) is 6.10 Å². The fourth-order valence-corrected chi connectivity index (χ4v) is 6.51. The molecule has 0 amide bonds. The number of esters is 3. The van der Waals surface area contributed by atoms with Gasteiger partial charge >= 0.3 is 17.9 Å². The van der Waals surface area contributed by atoms with Crippen molar-refractivity contribution in [3.63, 3.8) is 0 Å². The molecule has 0 N–H and O–H groups in total. The summed E-state index contributed by atoms with van der Waals surface area (Å²) in [5.74, 6) is -1.05. The second-order valence-corrected chi connectivity index (χ2v) is 16.7. The lowest BCUT2D eigenvalue weighted by Gasteiger charge is -2.18. The van der Waals surface area contributed by atoms with Crippen molar-refractivity contribution < 1.29 is 28.6 Å². The highest BCUT2D eigenvalue weighted by molar-refractivity contribution is 5.71. The zero-order valence-electron chi connectivity index (χ0n) is 41.7. The van der Waals surface area contributed by atoms with E-state index >= 15 is 0 Å². The van der Waals surface area contributed by atoms with Crippen molar-refractivity contribution >= 4 is 17.9 Å². The molecule has 1 atom stereocenters. The number of unbranched alkanes of at least 4 members (excludes halogenated alkanes) is 14. The van der Waals surface area contributed by atoms with Gasteiger partial charge < -0.3 is 14.2 Å². The van der Waals surface area contributed by atoms with Crippen LogP contribution < -0.4 is 0 Å². The van der Waals surface area contributed by atoms with E-state index in [1.807, 2.05) is 12.2 Å². The van der Waals surface area contributed by atoms with Crippen LogP contribution in [0, 0.1) is 0 Å². The molecule has 0 unspecified atom stereocenters. The van der Waals surface area contributed by atoms with Crippen molar-refractivity contribution in [2.75, 3.05) is 13.2 Å². The van der Waals surface area contributed by atoms with Crippen molar-refractivity contribution in [2.24, 2.45) is 0 Å². The Bertz CT molecular complexity index is 1400. The molecule has 0 aliphatic heterocycles. The van der Waals surface area contributed by atoms with E-state index in [0.717, 1.165) is 116 Å². The van der Waals surface area contributed by atoms with Crippen LogP contribution in [0.3, 0.4) is 0 Å². The minimum atomic E-state index is -0.834. The third-order valence-corrected chi connectivity index (χ3v) is 10.4. The van der Waals surface area contributed by atoms with Crippen LogP contribution >= 0.6 is 0 Å². The molecule has 0 aromatic rings. The molecule has 6 nitrogen and oxygen atoms in total. The third-order valence-electron chi connectivity index (χ3n) is 10.4. The van der Waals surface area contributed by atoms with Crippen LogP contribution in [-0.4, -0.2) is 37.2 Å². The Morgan fingerprint density at radius 1 is 0.323 bits per heavy atom. The van der Waals surface area contributed by atoms with Gasteiger partial charge in [0, 0.05) is 19.3 Å². The standard InChI is InChI=1S/C59H94O6/c1-4-7-10-13-16-19-22-24-26-28-29-31-33-35-38-41-44-47-50-53-59(62)65-56(54-63-57(60)51-48-45-42-39-36-21-18-15-12-9-6-3)55-64-58(61)52-49-46-43-40-37-34-32-30-27-25-23-20-17-14-11-8-5-2/h8,11,15-20,24-27,29,31-32,34-35,38,44,47,56H,4-7,9-10,12-14,21-23,28,30,33,36-37,39-43,45-46,48-55H2,1-3H3/b11-8-,18-15-,19-16-,20-17-,26-24-,27-25-,31-29-,34-32-,38-35-,47-44-/t56-/m0/s1. The lowest BCUT2D eigenvalue weighted by atomic mass is 10.1. The molecule has 0 bridgehead atoms. The third kappa shape index (κ3) is 50.7. The summed E-state index contributed by atoms with van der Waals surface area (Å²) >= 11 is 0. The molecule has 0 heterocycles. The van der Waals surface area contributed by atoms with Crippen LogP contribution in [0.5, 0.6) is 0 Å². The van der Waals surface area contributed by atoms with Gasteiger partial charge in [-0.1, -0.05) is 200 Å². The number of carbonyl (C=O) groups is 3. The quantitative estimate of drug-likeness (QED) is 0.0262. The minimum absolute atomic E-state index is 0.124. The Labute approximate surface area is 399 Å². The fraction of sp³-hybridized carbons (Fsp3) is 0.610. The van der Waals surface area contributed by atoms with Crippen LogP contribution in [-0.2, 0) is 28.6 Å². The normalized spacial score (nSPS) is 13.1. The van der Waals surface area contributed by atoms with E-state index in [0.29, 0.717) is 19.3 Å². The van der Waals surface area contributed by atoms with Gasteiger partial charge in [-0.25, -0.2) is 0 Å². The first-order valence-electron chi connectivity index (χ1n) is 26.0. The van der Waals surface area contributed by atoms with Crippen LogP contribution in [0.25, 0.3) is 0 Å². The Morgan fingerprint density at radius 2 is 0.646 bits per heavy atom. The summed E-state index contributed by atoms with van der Waals surface area (Å²) in [7, 11) is 0. The van der Waals surface area contributed by atoms with Crippen molar-refractivity contribution in [3.05, 3.63) is 122 Å². The number of allylic oxidation sites excluding steroid dienone is 20. The van der Waals surface area contributed by atoms with E-state index in [1.165, 1.54) is 51.4 Å². The first kappa shape index (κ1) is 60.8. The number of ether oxygens (including phenoxy) is 3. The number of rotatable bonds is 45. The molecular formula is C59H94O6. The molecule has 0 aliphatic rings. The van der Waals surface area contributed by atoms with Crippen molar-refractivity contribution in [2.45, 2.75) is 219 Å². The predicted molar refractivity (Wildman–Crippen MR) is 279 cm³/mol. The first-order chi connectivity index (χ1) is 32.0. The highest BCUT2D eigenvalue weighted by atomic mass is 16.6. The van der Waals surface area contributed by atoms with E-state index in [4.69, 9.17) is 14.2 Å². The summed E-state index contributed by atoms with van der Waals surface area (Å²) in [5.41, 5.74) is 0. The number of hydrogen-bond acceptors (Lipinski definition) is 6. The molecule has 0 spiro atoms. The van der Waals surface area contributed by atoms with E-state index in [2.05, 4.69) is 130 Å². The van der Waals surface area contributed by atoms with Crippen LogP contribution in [0.1, 0.15) is 213 Å². The highest BCUT2D eigenvalue weighted by Gasteiger charge is 2.19. The molecule has 6 heteroatoms.